The number of halogens is 1. The maximum absolute atomic E-state index is 13.4. The number of carbonyl (C=O) groups excluding carboxylic acids is 2. The average Bonchev–Trinajstić information content (AvgIpc) is 3.02. The largest absolute Gasteiger partial charge is 0.462 e. The Balaban J connectivity index is 1.55. The lowest BCUT2D eigenvalue weighted by molar-refractivity contribution is -0.144. The van der Waals surface area contributed by atoms with Crippen LogP contribution in [0.2, 0.25) is 0 Å². The second-order valence-electron chi connectivity index (χ2n) is 9.23. The summed E-state index contributed by atoms with van der Waals surface area (Å²) in [6, 6.07) is 6.45. The van der Waals surface area contributed by atoms with Gasteiger partial charge in [0.05, 0.1) is 5.92 Å². The van der Waals surface area contributed by atoms with Crippen molar-refractivity contribution in [3.8, 4) is 0 Å². The highest BCUT2D eigenvalue weighted by atomic mass is 19.1. The Morgan fingerprint density at radius 1 is 1.26 bits per heavy atom. The van der Waals surface area contributed by atoms with Gasteiger partial charge in [0.15, 0.2) is 0 Å². The third-order valence-corrected chi connectivity index (χ3v) is 7.29. The number of nitrogens with two attached hydrogens (primary N) is 1. The van der Waals surface area contributed by atoms with E-state index in [0.29, 0.717) is 30.2 Å². The van der Waals surface area contributed by atoms with E-state index in [2.05, 4.69) is 6.08 Å². The Bertz CT molecular complexity index is 963. The summed E-state index contributed by atoms with van der Waals surface area (Å²) in [5, 5.41) is 0. The molecule has 2 saturated carbocycles. The lowest BCUT2D eigenvalue weighted by Gasteiger charge is -2.45. The number of fused-ring (bicyclic) bond motifs is 2. The lowest BCUT2D eigenvalue weighted by atomic mass is 9.57. The molecule has 5 heteroatoms. The molecule has 3 fully saturated rings. The van der Waals surface area contributed by atoms with Crippen molar-refractivity contribution in [2.75, 3.05) is 0 Å². The molecule has 1 aromatic carbocycles. The van der Waals surface area contributed by atoms with Crippen LogP contribution in [-0.4, -0.2) is 17.9 Å². The summed E-state index contributed by atoms with van der Waals surface area (Å²) in [5.41, 5.74) is 8.53. The highest BCUT2D eigenvalue weighted by molar-refractivity contribution is 5.80. The molecule has 4 rings (SSSR count). The van der Waals surface area contributed by atoms with Crippen LogP contribution in [0.15, 0.2) is 54.3 Å². The zero-order valence-electron chi connectivity index (χ0n) is 18.1. The number of carbonyl (C=O) groups is 2. The third-order valence-electron chi connectivity index (χ3n) is 7.29. The van der Waals surface area contributed by atoms with Gasteiger partial charge in [0.2, 0.25) is 0 Å². The Morgan fingerprint density at radius 2 is 2.06 bits per heavy atom. The first-order valence-corrected chi connectivity index (χ1v) is 11.1. The van der Waals surface area contributed by atoms with Crippen molar-refractivity contribution in [2.45, 2.75) is 45.6 Å². The Morgan fingerprint density at radius 3 is 2.84 bits per heavy atom. The number of hydrogen-bond donors (Lipinski definition) is 1. The molecule has 31 heavy (non-hydrogen) atoms. The number of ether oxygens (including phenoxy) is 1. The van der Waals surface area contributed by atoms with Gasteiger partial charge in [-0.3, -0.25) is 9.59 Å². The maximum atomic E-state index is 13.4. The fourth-order valence-electron chi connectivity index (χ4n) is 5.71. The van der Waals surface area contributed by atoms with Crippen molar-refractivity contribution in [1.82, 2.24) is 0 Å². The molecule has 164 valence electrons. The van der Waals surface area contributed by atoms with Gasteiger partial charge in [-0.2, -0.15) is 0 Å². The fraction of sp³-hybridized carbons (Fsp3) is 0.462. The van der Waals surface area contributed by atoms with Gasteiger partial charge in [0.1, 0.15) is 17.7 Å². The van der Waals surface area contributed by atoms with Gasteiger partial charge >= 0.3 is 5.97 Å². The number of esters is 1. The van der Waals surface area contributed by atoms with Crippen LogP contribution in [0.4, 0.5) is 4.39 Å². The average molecular weight is 424 g/mol. The molecular weight excluding hydrogens is 393 g/mol. The van der Waals surface area contributed by atoms with Gasteiger partial charge in [-0.1, -0.05) is 24.3 Å². The molecule has 5 unspecified atom stereocenters. The van der Waals surface area contributed by atoms with Gasteiger partial charge in [0.25, 0.3) is 0 Å². The summed E-state index contributed by atoms with van der Waals surface area (Å²) in [6.07, 6.45) is 10.4. The van der Waals surface area contributed by atoms with E-state index in [1.807, 2.05) is 32.1 Å². The van der Waals surface area contributed by atoms with Gasteiger partial charge in [-0.05, 0) is 79.9 Å². The molecular formula is C26H30FNO3. The predicted molar refractivity (Wildman–Crippen MR) is 118 cm³/mol. The smallest absolute Gasteiger partial charge is 0.309 e. The quantitative estimate of drug-likeness (QED) is 0.557. The molecule has 2 N–H and O–H groups in total. The standard InChI is InChI=1S/C26H30FNO3/c1-15(17-4-3-5-19(27)12-17)6-8-20(28)9-11-22-23-14-21(29)10-7-18(23)13-24-25(22)16(2)31-26(24)30/h3-6,8-9,11-12,16,18,22-25H,7,10,13-14,28H2,1-2H3/b11-9+,15-6+,20-8-/t16?,18?,22-,23?,24?,25?/m0/s1. The van der Waals surface area contributed by atoms with Crippen molar-refractivity contribution in [1.29, 1.82) is 0 Å². The van der Waals surface area contributed by atoms with Gasteiger partial charge in [-0.15, -0.1) is 0 Å². The molecule has 1 heterocycles. The van der Waals surface area contributed by atoms with Crippen molar-refractivity contribution < 1.29 is 18.7 Å². The molecule has 0 amide bonds. The predicted octanol–water partition coefficient (Wildman–Crippen LogP) is 4.81. The number of rotatable bonds is 4. The molecule has 0 spiro atoms. The summed E-state index contributed by atoms with van der Waals surface area (Å²) < 4.78 is 19.0. The molecule has 4 nitrogen and oxygen atoms in total. The van der Waals surface area contributed by atoms with E-state index < -0.39 is 0 Å². The van der Waals surface area contributed by atoms with Crippen LogP contribution in [0.3, 0.4) is 0 Å². The van der Waals surface area contributed by atoms with Crippen LogP contribution in [0.1, 0.15) is 45.1 Å². The fourth-order valence-corrected chi connectivity index (χ4v) is 5.71. The van der Waals surface area contributed by atoms with E-state index in [1.165, 1.54) is 12.1 Å². The molecule has 0 bridgehead atoms. The van der Waals surface area contributed by atoms with Gasteiger partial charge in [-0.25, -0.2) is 4.39 Å². The molecule has 3 aliphatic rings. The van der Waals surface area contributed by atoms with Crippen LogP contribution >= 0.6 is 0 Å². The molecule has 1 aromatic rings. The summed E-state index contributed by atoms with van der Waals surface area (Å²) in [6.45, 7) is 3.87. The van der Waals surface area contributed by atoms with Crippen LogP contribution in [0.25, 0.3) is 5.57 Å². The van der Waals surface area contributed by atoms with E-state index in [4.69, 9.17) is 10.5 Å². The monoisotopic (exact) mass is 423 g/mol. The summed E-state index contributed by atoms with van der Waals surface area (Å²) >= 11 is 0. The summed E-state index contributed by atoms with van der Waals surface area (Å²) in [4.78, 5) is 24.6. The van der Waals surface area contributed by atoms with Gasteiger partial charge in [0, 0.05) is 24.5 Å². The number of benzene rings is 1. The Labute approximate surface area is 183 Å². The Hall–Kier alpha value is -2.69. The molecule has 2 aliphatic carbocycles. The number of ketones is 1. The van der Waals surface area contributed by atoms with Crippen LogP contribution in [0.5, 0.6) is 0 Å². The van der Waals surface area contributed by atoms with Crippen molar-refractivity contribution in [3.63, 3.8) is 0 Å². The number of hydrogen-bond acceptors (Lipinski definition) is 4. The first kappa shape index (κ1) is 21.5. The number of cyclic esters (lactones) is 1. The number of Topliss-reactive ketones (excluding diaryl/α,β-unsaturated/α-hetero) is 1. The second kappa shape index (κ2) is 8.81. The van der Waals surface area contributed by atoms with E-state index >= 15 is 0 Å². The minimum Gasteiger partial charge on any atom is -0.462 e. The molecule has 6 atom stereocenters. The van der Waals surface area contributed by atoms with Crippen LogP contribution in [-0.2, 0) is 14.3 Å². The van der Waals surface area contributed by atoms with Crippen molar-refractivity contribution >= 4 is 17.3 Å². The van der Waals surface area contributed by atoms with Gasteiger partial charge < -0.3 is 10.5 Å². The van der Waals surface area contributed by atoms with Crippen LogP contribution in [0, 0.1) is 35.4 Å². The van der Waals surface area contributed by atoms with Crippen molar-refractivity contribution in [2.24, 2.45) is 35.3 Å². The van der Waals surface area contributed by atoms with Crippen LogP contribution < -0.4 is 5.73 Å². The van der Waals surface area contributed by atoms with E-state index in [-0.39, 0.29) is 41.6 Å². The topological polar surface area (TPSA) is 69.4 Å². The van der Waals surface area contributed by atoms with E-state index in [9.17, 15) is 14.0 Å². The highest BCUT2D eigenvalue weighted by Crippen LogP contribution is 2.52. The SMILES string of the molecule is C\C(=C/C=C(N)/C=C/[C@H]1C2CC(=O)CCC2CC2C(=O)OC(C)C21)c1cccc(F)c1. The van der Waals surface area contributed by atoms with E-state index in [0.717, 1.165) is 24.0 Å². The lowest BCUT2D eigenvalue weighted by Crippen LogP contribution is -2.44. The first-order valence-electron chi connectivity index (χ1n) is 11.1. The number of allylic oxidation sites excluding steroid dienone is 5. The van der Waals surface area contributed by atoms with E-state index in [1.54, 1.807) is 12.1 Å². The zero-order valence-corrected chi connectivity index (χ0v) is 18.1. The molecule has 1 aliphatic heterocycles. The summed E-state index contributed by atoms with van der Waals surface area (Å²) in [5.74, 6) is 0.673. The summed E-state index contributed by atoms with van der Waals surface area (Å²) in [7, 11) is 0. The van der Waals surface area contributed by atoms with Crippen molar-refractivity contribution in [3.05, 3.63) is 65.6 Å². The third kappa shape index (κ3) is 4.51. The second-order valence-corrected chi connectivity index (χ2v) is 9.23. The highest BCUT2D eigenvalue weighted by Gasteiger charge is 2.54. The maximum Gasteiger partial charge on any atom is 0.309 e. The molecule has 1 saturated heterocycles. The Kier molecular flexibility index (Phi) is 6.12. The molecule has 0 aromatic heterocycles. The zero-order chi connectivity index (χ0) is 22.1. The first-order chi connectivity index (χ1) is 14.8. The normalized spacial score (nSPS) is 33.9. The minimum absolute atomic E-state index is 0.0839. The minimum atomic E-state index is -0.270. The molecule has 0 radical (unpaired) electrons.